The van der Waals surface area contributed by atoms with E-state index in [-0.39, 0.29) is 17.6 Å². The van der Waals surface area contributed by atoms with Crippen molar-refractivity contribution in [3.63, 3.8) is 0 Å². The molecule has 194 valence electrons. The molecule has 2 N–H and O–H groups in total. The molecule has 0 radical (unpaired) electrons. The summed E-state index contributed by atoms with van der Waals surface area (Å²) < 4.78 is 81.9. The van der Waals surface area contributed by atoms with Crippen LogP contribution in [0.1, 0.15) is 5.56 Å². The summed E-state index contributed by atoms with van der Waals surface area (Å²) in [7, 11) is 0. The van der Waals surface area contributed by atoms with E-state index in [1.165, 1.54) is 6.07 Å². The van der Waals surface area contributed by atoms with Gasteiger partial charge in [0.25, 0.3) is 0 Å². The van der Waals surface area contributed by atoms with Gasteiger partial charge in [-0.05, 0) is 54.6 Å². The van der Waals surface area contributed by atoms with Crippen molar-refractivity contribution >= 4 is 29.3 Å². The molecule has 4 rings (SSSR count). The Balaban J connectivity index is 0.000000479. The molecule has 0 atom stereocenters. The molecule has 0 aliphatic heterocycles. The van der Waals surface area contributed by atoms with Crippen LogP contribution in [-0.2, 0) is 11.0 Å². The lowest BCUT2D eigenvalue weighted by atomic mass is 10.2. The average molecular weight is 547 g/mol. The lowest BCUT2D eigenvalue weighted by Gasteiger charge is -2.10. The largest absolute Gasteiger partial charge is 0.490 e. The van der Waals surface area contributed by atoms with Crippen molar-refractivity contribution < 1.29 is 45.4 Å². The standard InChI is InChI=1S/C20H12ClF3N4O2.C2HF3O2/c21-17-6-3-13(11-16(17)20(22,23)24)26-19-28-27-18(30-19)12-1-4-14(5-2-12)29-15-7-9-25-10-8-15;3-2(4,5)1(6)7/h1-11H,(H,26,28);(H,6,7). The number of benzene rings is 2. The number of carboxylic acids is 1. The summed E-state index contributed by atoms with van der Waals surface area (Å²) in [5.74, 6) is -1.32. The van der Waals surface area contributed by atoms with Crippen LogP contribution >= 0.6 is 11.6 Å². The summed E-state index contributed by atoms with van der Waals surface area (Å²) in [6.45, 7) is 0. The number of nitrogens with one attached hydrogen (secondary N) is 1. The summed E-state index contributed by atoms with van der Waals surface area (Å²) >= 11 is 5.62. The summed E-state index contributed by atoms with van der Waals surface area (Å²) in [5, 5.41) is 17.1. The number of pyridine rings is 1. The van der Waals surface area contributed by atoms with Crippen molar-refractivity contribution in [1.82, 2.24) is 15.2 Å². The van der Waals surface area contributed by atoms with Gasteiger partial charge in [0.2, 0.25) is 5.89 Å². The molecule has 2 aromatic carbocycles. The van der Waals surface area contributed by atoms with Gasteiger partial charge < -0.3 is 19.6 Å². The Labute approximate surface area is 208 Å². The van der Waals surface area contributed by atoms with Crippen LogP contribution in [0.5, 0.6) is 11.5 Å². The minimum Gasteiger partial charge on any atom is -0.475 e. The normalized spacial score (nSPS) is 11.3. The van der Waals surface area contributed by atoms with Crippen molar-refractivity contribution in [3.05, 3.63) is 77.6 Å². The van der Waals surface area contributed by atoms with Gasteiger partial charge in [-0.1, -0.05) is 16.7 Å². The molecule has 37 heavy (non-hydrogen) atoms. The lowest BCUT2D eigenvalue weighted by Crippen LogP contribution is -2.21. The number of halogens is 7. The first-order valence-electron chi connectivity index (χ1n) is 9.78. The third-order valence-electron chi connectivity index (χ3n) is 4.18. The van der Waals surface area contributed by atoms with E-state index >= 15 is 0 Å². The molecule has 0 bridgehead atoms. The Hall–Kier alpha value is -4.33. The number of carbonyl (C=O) groups is 1. The van der Waals surface area contributed by atoms with E-state index in [2.05, 4.69) is 20.5 Å². The second kappa shape index (κ2) is 11.2. The molecule has 0 unspecified atom stereocenters. The van der Waals surface area contributed by atoms with E-state index in [9.17, 15) is 26.3 Å². The number of carboxylic acid groups (broad SMARTS) is 1. The first kappa shape index (κ1) is 27.3. The van der Waals surface area contributed by atoms with E-state index in [0.717, 1.165) is 12.1 Å². The Morgan fingerprint density at radius 3 is 2.08 bits per heavy atom. The van der Waals surface area contributed by atoms with Crippen LogP contribution in [-0.4, -0.2) is 32.4 Å². The second-order valence-electron chi connectivity index (χ2n) is 6.84. The molecule has 4 aromatic rings. The Morgan fingerprint density at radius 2 is 1.51 bits per heavy atom. The SMILES string of the molecule is FC(F)(F)c1cc(Nc2nnc(-c3ccc(Oc4ccncc4)cc3)o2)ccc1Cl.O=C(O)C(F)(F)F. The highest BCUT2D eigenvalue weighted by atomic mass is 35.5. The highest BCUT2D eigenvalue weighted by Crippen LogP contribution is 2.37. The van der Waals surface area contributed by atoms with Gasteiger partial charge in [0.1, 0.15) is 11.5 Å². The van der Waals surface area contributed by atoms with E-state index in [4.69, 9.17) is 30.7 Å². The van der Waals surface area contributed by atoms with Crippen LogP contribution in [0.4, 0.5) is 38.0 Å². The van der Waals surface area contributed by atoms with Gasteiger partial charge in [-0.2, -0.15) is 26.3 Å². The number of hydrogen-bond donors (Lipinski definition) is 2. The van der Waals surface area contributed by atoms with Crippen molar-refractivity contribution in [3.8, 4) is 23.0 Å². The van der Waals surface area contributed by atoms with Gasteiger partial charge in [-0.25, -0.2) is 4.79 Å². The van der Waals surface area contributed by atoms with Crippen LogP contribution in [0, 0.1) is 0 Å². The van der Waals surface area contributed by atoms with Crippen molar-refractivity contribution in [1.29, 1.82) is 0 Å². The molecule has 0 amide bonds. The molecule has 0 aliphatic rings. The van der Waals surface area contributed by atoms with Gasteiger partial charge >= 0.3 is 24.3 Å². The third kappa shape index (κ3) is 7.83. The fourth-order valence-corrected chi connectivity index (χ4v) is 2.77. The number of hydrogen-bond acceptors (Lipinski definition) is 7. The number of aliphatic carboxylic acids is 1. The number of rotatable bonds is 5. The van der Waals surface area contributed by atoms with E-state index < -0.39 is 28.9 Å². The summed E-state index contributed by atoms with van der Waals surface area (Å²) in [6.07, 6.45) is -6.42. The smallest absolute Gasteiger partial charge is 0.475 e. The van der Waals surface area contributed by atoms with E-state index in [1.807, 2.05) is 0 Å². The second-order valence-corrected chi connectivity index (χ2v) is 7.25. The lowest BCUT2D eigenvalue weighted by molar-refractivity contribution is -0.192. The Bertz CT molecular complexity index is 1350. The first-order chi connectivity index (χ1) is 17.3. The third-order valence-corrected chi connectivity index (χ3v) is 4.51. The zero-order valence-electron chi connectivity index (χ0n) is 18.0. The molecule has 0 fully saturated rings. The Morgan fingerprint density at radius 1 is 0.919 bits per heavy atom. The molecular formula is C22H13ClF6N4O4. The molecule has 0 aliphatic carbocycles. The molecule has 8 nitrogen and oxygen atoms in total. The molecular weight excluding hydrogens is 534 g/mol. The van der Waals surface area contributed by atoms with E-state index in [0.29, 0.717) is 17.1 Å². The number of anilines is 2. The van der Waals surface area contributed by atoms with Crippen LogP contribution < -0.4 is 10.1 Å². The quantitative estimate of drug-likeness (QED) is 0.258. The first-order valence-corrected chi connectivity index (χ1v) is 10.2. The van der Waals surface area contributed by atoms with Gasteiger partial charge in [0.15, 0.2) is 0 Å². The molecule has 0 saturated carbocycles. The van der Waals surface area contributed by atoms with Gasteiger partial charge in [0.05, 0.1) is 10.6 Å². The number of nitrogens with zero attached hydrogens (tertiary/aromatic N) is 3. The highest BCUT2D eigenvalue weighted by Gasteiger charge is 2.38. The number of alkyl halides is 6. The minimum atomic E-state index is -5.08. The molecule has 2 aromatic heterocycles. The molecule has 0 saturated heterocycles. The zero-order chi connectivity index (χ0) is 27.2. The van der Waals surface area contributed by atoms with Crippen LogP contribution in [0.25, 0.3) is 11.5 Å². The van der Waals surface area contributed by atoms with Crippen LogP contribution in [0.3, 0.4) is 0 Å². The predicted molar refractivity (Wildman–Crippen MR) is 117 cm³/mol. The zero-order valence-corrected chi connectivity index (χ0v) is 18.8. The summed E-state index contributed by atoms with van der Waals surface area (Å²) in [6, 6.07) is 13.7. The maximum Gasteiger partial charge on any atom is 0.490 e. The summed E-state index contributed by atoms with van der Waals surface area (Å²) in [5.41, 5.74) is -0.230. The van der Waals surface area contributed by atoms with Crippen LogP contribution in [0.2, 0.25) is 5.02 Å². The maximum atomic E-state index is 13.0. The fraction of sp³-hybridized carbons (Fsp3) is 0.0909. The summed E-state index contributed by atoms with van der Waals surface area (Å²) in [4.78, 5) is 12.8. The average Bonchev–Trinajstić information content (AvgIpc) is 3.29. The van der Waals surface area contributed by atoms with Crippen molar-refractivity contribution in [2.75, 3.05) is 5.32 Å². The number of ether oxygens (including phenoxy) is 1. The Kier molecular flexibility index (Phi) is 8.22. The van der Waals surface area contributed by atoms with Crippen molar-refractivity contribution in [2.45, 2.75) is 12.4 Å². The molecule has 2 heterocycles. The monoisotopic (exact) mass is 546 g/mol. The maximum absolute atomic E-state index is 13.0. The number of aromatic nitrogens is 3. The fourth-order valence-electron chi connectivity index (χ4n) is 2.54. The van der Waals surface area contributed by atoms with Gasteiger partial charge in [-0.3, -0.25) is 4.98 Å². The minimum absolute atomic E-state index is 0.0578. The van der Waals surface area contributed by atoms with Crippen molar-refractivity contribution in [2.24, 2.45) is 0 Å². The molecule has 0 spiro atoms. The van der Waals surface area contributed by atoms with Gasteiger partial charge in [0, 0.05) is 23.6 Å². The van der Waals surface area contributed by atoms with Gasteiger partial charge in [-0.15, -0.1) is 5.10 Å². The molecule has 15 heteroatoms. The van der Waals surface area contributed by atoms with E-state index in [1.54, 1.807) is 48.8 Å². The topological polar surface area (TPSA) is 110 Å². The predicted octanol–water partition coefficient (Wildman–Crippen LogP) is 6.97. The highest BCUT2D eigenvalue weighted by molar-refractivity contribution is 6.31. The van der Waals surface area contributed by atoms with Crippen LogP contribution in [0.15, 0.2) is 71.4 Å².